The smallest absolute Gasteiger partial charge is 0.275 e. The molecule has 80 valence electrons. The SMILES string of the molecule is C=CC[C@H](OC)c1ccccc1[N+](=O)[O-]. The molecule has 0 aliphatic heterocycles. The van der Waals surface area contributed by atoms with Gasteiger partial charge in [-0.15, -0.1) is 6.58 Å². The molecule has 1 aromatic rings. The van der Waals surface area contributed by atoms with Crippen molar-refractivity contribution >= 4 is 5.69 Å². The number of rotatable bonds is 5. The topological polar surface area (TPSA) is 52.4 Å². The van der Waals surface area contributed by atoms with Gasteiger partial charge >= 0.3 is 0 Å². The lowest BCUT2D eigenvalue weighted by atomic mass is 10.0. The summed E-state index contributed by atoms with van der Waals surface area (Å²) in [6.07, 6.45) is 1.94. The van der Waals surface area contributed by atoms with Crippen molar-refractivity contribution in [1.29, 1.82) is 0 Å². The molecule has 0 heterocycles. The number of nitro benzene ring substituents is 1. The van der Waals surface area contributed by atoms with E-state index in [4.69, 9.17) is 4.74 Å². The van der Waals surface area contributed by atoms with Gasteiger partial charge in [0.1, 0.15) is 0 Å². The van der Waals surface area contributed by atoms with E-state index in [1.165, 1.54) is 13.2 Å². The van der Waals surface area contributed by atoms with Crippen LogP contribution < -0.4 is 0 Å². The average molecular weight is 207 g/mol. The van der Waals surface area contributed by atoms with Crippen molar-refractivity contribution in [3.63, 3.8) is 0 Å². The van der Waals surface area contributed by atoms with Crippen LogP contribution in [0.25, 0.3) is 0 Å². The highest BCUT2D eigenvalue weighted by Crippen LogP contribution is 2.29. The summed E-state index contributed by atoms with van der Waals surface area (Å²) in [5.74, 6) is 0. The van der Waals surface area contributed by atoms with Gasteiger partial charge in [0, 0.05) is 13.2 Å². The summed E-state index contributed by atoms with van der Waals surface area (Å²) in [5, 5.41) is 10.8. The molecule has 1 rings (SSSR count). The molecule has 0 amide bonds. The molecule has 4 heteroatoms. The average Bonchev–Trinajstić information content (AvgIpc) is 2.26. The molecule has 4 nitrogen and oxygen atoms in total. The Morgan fingerprint density at radius 2 is 2.27 bits per heavy atom. The van der Waals surface area contributed by atoms with Crippen LogP contribution in [0.5, 0.6) is 0 Å². The summed E-state index contributed by atoms with van der Waals surface area (Å²) < 4.78 is 5.19. The Kier molecular flexibility index (Phi) is 4.00. The van der Waals surface area contributed by atoms with Gasteiger partial charge in [-0.1, -0.05) is 18.2 Å². The lowest BCUT2D eigenvalue weighted by Gasteiger charge is -2.13. The third-order valence-corrected chi connectivity index (χ3v) is 2.15. The first kappa shape index (κ1) is 11.4. The minimum Gasteiger partial charge on any atom is -0.376 e. The number of methoxy groups -OCH3 is 1. The minimum atomic E-state index is -0.398. The first-order chi connectivity index (χ1) is 7.20. The van der Waals surface area contributed by atoms with E-state index in [9.17, 15) is 10.1 Å². The molecule has 0 N–H and O–H groups in total. The molecule has 0 aliphatic carbocycles. The van der Waals surface area contributed by atoms with E-state index in [0.29, 0.717) is 12.0 Å². The summed E-state index contributed by atoms with van der Waals surface area (Å²) in [6, 6.07) is 6.58. The van der Waals surface area contributed by atoms with E-state index >= 15 is 0 Å². The lowest BCUT2D eigenvalue weighted by molar-refractivity contribution is -0.386. The summed E-state index contributed by atoms with van der Waals surface area (Å²) in [6.45, 7) is 3.60. The highest BCUT2D eigenvalue weighted by atomic mass is 16.6. The summed E-state index contributed by atoms with van der Waals surface area (Å²) in [7, 11) is 1.53. The van der Waals surface area contributed by atoms with E-state index in [1.807, 2.05) is 0 Å². The second kappa shape index (κ2) is 5.26. The lowest BCUT2D eigenvalue weighted by Crippen LogP contribution is -2.04. The summed E-state index contributed by atoms with van der Waals surface area (Å²) >= 11 is 0. The van der Waals surface area contributed by atoms with Gasteiger partial charge in [0.2, 0.25) is 0 Å². The van der Waals surface area contributed by atoms with Crippen LogP contribution in [0, 0.1) is 10.1 Å². The highest BCUT2D eigenvalue weighted by molar-refractivity contribution is 5.41. The predicted molar refractivity (Wildman–Crippen MR) is 57.7 cm³/mol. The first-order valence-electron chi connectivity index (χ1n) is 4.57. The predicted octanol–water partition coefficient (Wildman–Crippen LogP) is 2.86. The normalized spacial score (nSPS) is 12.1. The van der Waals surface area contributed by atoms with E-state index in [0.717, 1.165) is 0 Å². The van der Waals surface area contributed by atoms with Gasteiger partial charge in [0.15, 0.2) is 0 Å². The second-order valence-corrected chi connectivity index (χ2v) is 3.06. The molecule has 1 aromatic carbocycles. The summed E-state index contributed by atoms with van der Waals surface area (Å²) in [4.78, 5) is 10.4. The Labute approximate surface area is 88.3 Å². The molecule has 0 saturated heterocycles. The van der Waals surface area contributed by atoms with Crippen LogP contribution in [0.2, 0.25) is 0 Å². The highest BCUT2D eigenvalue weighted by Gasteiger charge is 2.19. The van der Waals surface area contributed by atoms with Crippen LogP contribution in [0.3, 0.4) is 0 Å². The third kappa shape index (κ3) is 2.63. The maximum absolute atomic E-state index is 10.8. The fourth-order valence-corrected chi connectivity index (χ4v) is 1.43. The Balaban J connectivity index is 3.09. The van der Waals surface area contributed by atoms with Crippen molar-refractivity contribution < 1.29 is 9.66 Å². The first-order valence-corrected chi connectivity index (χ1v) is 4.57. The number of para-hydroxylation sites is 1. The van der Waals surface area contributed by atoms with Gasteiger partial charge in [-0.25, -0.2) is 0 Å². The van der Waals surface area contributed by atoms with Crippen molar-refractivity contribution in [2.24, 2.45) is 0 Å². The quantitative estimate of drug-likeness (QED) is 0.423. The van der Waals surface area contributed by atoms with E-state index in [2.05, 4.69) is 6.58 Å². The van der Waals surface area contributed by atoms with Gasteiger partial charge in [-0.05, 0) is 12.5 Å². The molecule has 1 atom stereocenters. The molecule has 0 aromatic heterocycles. The van der Waals surface area contributed by atoms with Gasteiger partial charge in [0.25, 0.3) is 5.69 Å². The molecule has 0 saturated carbocycles. The van der Waals surface area contributed by atoms with Crippen molar-refractivity contribution in [1.82, 2.24) is 0 Å². The van der Waals surface area contributed by atoms with Crippen LogP contribution in [-0.2, 0) is 4.74 Å². The van der Waals surface area contributed by atoms with Crippen molar-refractivity contribution in [2.75, 3.05) is 7.11 Å². The molecular weight excluding hydrogens is 194 g/mol. The number of ether oxygens (including phenoxy) is 1. The molecule has 0 unspecified atom stereocenters. The molecular formula is C11H13NO3. The molecule has 0 aliphatic rings. The number of benzene rings is 1. The zero-order valence-corrected chi connectivity index (χ0v) is 8.55. The summed E-state index contributed by atoms with van der Waals surface area (Å²) in [5.41, 5.74) is 0.677. The number of nitro groups is 1. The van der Waals surface area contributed by atoms with E-state index < -0.39 is 4.92 Å². The van der Waals surface area contributed by atoms with Crippen LogP contribution in [-0.4, -0.2) is 12.0 Å². The maximum Gasteiger partial charge on any atom is 0.275 e. The van der Waals surface area contributed by atoms with Gasteiger partial charge in [-0.3, -0.25) is 10.1 Å². The third-order valence-electron chi connectivity index (χ3n) is 2.15. The molecule has 0 bridgehead atoms. The fraction of sp³-hybridized carbons (Fsp3) is 0.273. The largest absolute Gasteiger partial charge is 0.376 e. The monoisotopic (exact) mass is 207 g/mol. The van der Waals surface area contributed by atoms with Gasteiger partial charge in [-0.2, -0.15) is 0 Å². The van der Waals surface area contributed by atoms with Crippen LogP contribution in [0.15, 0.2) is 36.9 Å². The zero-order valence-electron chi connectivity index (χ0n) is 8.55. The molecule has 0 fully saturated rings. The van der Waals surface area contributed by atoms with Crippen LogP contribution in [0.1, 0.15) is 18.1 Å². The van der Waals surface area contributed by atoms with Gasteiger partial charge in [0.05, 0.1) is 16.6 Å². The van der Waals surface area contributed by atoms with Gasteiger partial charge < -0.3 is 4.74 Å². The minimum absolute atomic E-state index is 0.0891. The number of hydrogen-bond donors (Lipinski definition) is 0. The zero-order chi connectivity index (χ0) is 11.3. The Morgan fingerprint density at radius 3 is 2.80 bits per heavy atom. The van der Waals surface area contributed by atoms with Crippen molar-refractivity contribution in [2.45, 2.75) is 12.5 Å². The molecule has 15 heavy (non-hydrogen) atoms. The van der Waals surface area contributed by atoms with Crippen molar-refractivity contribution in [3.8, 4) is 0 Å². The fourth-order valence-electron chi connectivity index (χ4n) is 1.43. The number of nitrogens with zero attached hydrogens (tertiary/aromatic N) is 1. The Bertz CT molecular complexity index is 363. The van der Waals surface area contributed by atoms with Crippen molar-refractivity contribution in [3.05, 3.63) is 52.6 Å². The van der Waals surface area contributed by atoms with E-state index in [1.54, 1.807) is 24.3 Å². The molecule has 0 spiro atoms. The Morgan fingerprint density at radius 1 is 1.60 bits per heavy atom. The second-order valence-electron chi connectivity index (χ2n) is 3.06. The van der Waals surface area contributed by atoms with Crippen LogP contribution in [0.4, 0.5) is 5.69 Å². The van der Waals surface area contributed by atoms with Crippen LogP contribution >= 0.6 is 0 Å². The molecule has 0 radical (unpaired) electrons. The number of hydrogen-bond acceptors (Lipinski definition) is 3. The standard InChI is InChI=1S/C11H13NO3/c1-3-6-11(15-2)9-7-4-5-8-10(9)12(13)14/h3-5,7-8,11H,1,6H2,2H3/t11-/m0/s1. The maximum atomic E-state index is 10.8. The van der Waals surface area contributed by atoms with E-state index in [-0.39, 0.29) is 11.8 Å². The Hall–Kier alpha value is -1.68.